The Bertz CT molecular complexity index is 372. The van der Waals surface area contributed by atoms with Crippen LogP contribution in [0.1, 0.15) is 19.8 Å². The number of rotatable bonds is 7. The first-order chi connectivity index (χ1) is 8.20. The van der Waals surface area contributed by atoms with Crippen molar-refractivity contribution in [2.75, 3.05) is 6.61 Å². The zero-order valence-electron chi connectivity index (χ0n) is 11.3. The number of ketones is 1. The number of carbonyl (C=O) groups excluding carboxylic acids is 2. The molecule has 0 unspecified atom stereocenters. The number of hydrogen-bond donors (Lipinski definition) is 1. The van der Waals surface area contributed by atoms with Crippen LogP contribution in [-0.2, 0) is 14.3 Å². The summed E-state index contributed by atoms with van der Waals surface area (Å²) in [6, 6.07) is 0. The highest BCUT2D eigenvalue weighted by atomic mass is 28.3. The molecule has 0 aliphatic rings. The van der Waals surface area contributed by atoms with E-state index in [0.29, 0.717) is 0 Å². The lowest BCUT2D eigenvalue weighted by Crippen LogP contribution is -2.38. The van der Waals surface area contributed by atoms with Crippen molar-refractivity contribution in [1.82, 2.24) is 0 Å². The molecule has 0 aliphatic carbocycles. The average molecular weight is 273 g/mol. The third-order valence-electron chi connectivity index (χ3n) is 2.19. The highest BCUT2D eigenvalue weighted by molar-refractivity contribution is 7.12. The highest BCUT2D eigenvalue weighted by Crippen LogP contribution is 2.08. The molecule has 0 aromatic carbocycles. The molecule has 1 N–H and O–H groups in total. The van der Waals surface area contributed by atoms with E-state index in [9.17, 15) is 14.0 Å². The van der Waals surface area contributed by atoms with E-state index in [2.05, 4.69) is 4.74 Å². The van der Waals surface area contributed by atoms with Crippen LogP contribution < -0.4 is 0 Å². The van der Waals surface area contributed by atoms with Gasteiger partial charge in [-0.3, -0.25) is 4.79 Å². The van der Waals surface area contributed by atoms with E-state index in [0.717, 1.165) is 6.08 Å². The molecule has 0 spiro atoms. The first-order valence-corrected chi connectivity index (χ1v) is 9.35. The van der Waals surface area contributed by atoms with Gasteiger partial charge in [-0.2, -0.15) is 4.39 Å². The van der Waals surface area contributed by atoms with Crippen LogP contribution >= 0.6 is 0 Å². The van der Waals surface area contributed by atoms with Gasteiger partial charge >= 0.3 is 5.97 Å². The third kappa shape index (κ3) is 5.86. The number of allylic oxidation sites excluding steroid dienone is 1. The first kappa shape index (κ1) is 16.7. The van der Waals surface area contributed by atoms with Gasteiger partial charge < -0.3 is 10.1 Å². The van der Waals surface area contributed by atoms with E-state index >= 15 is 0 Å². The number of carbonyl (C=O) groups is 2. The predicted octanol–water partition coefficient (Wildman–Crippen LogP) is 2.65. The summed E-state index contributed by atoms with van der Waals surface area (Å²) < 4.78 is 17.6. The van der Waals surface area contributed by atoms with E-state index in [4.69, 9.17) is 5.41 Å². The fourth-order valence-electron chi connectivity index (χ4n) is 1.16. The SMILES string of the molecule is CCOC(=O)/C(F)=C/CCC(=O)C(=N)[Si](C)(C)C. The van der Waals surface area contributed by atoms with Gasteiger partial charge in [0.25, 0.3) is 0 Å². The van der Waals surface area contributed by atoms with Crippen molar-refractivity contribution in [2.24, 2.45) is 0 Å². The number of halogens is 1. The fraction of sp³-hybridized carbons (Fsp3) is 0.583. The highest BCUT2D eigenvalue weighted by Gasteiger charge is 2.25. The summed E-state index contributed by atoms with van der Waals surface area (Å²) in [5.74, 6) is -2.27. The van der Waals surface area contributed by atoms with Gasteiger partial charge in [0.1, 0.15) is 8.07 Å². The topological polar surface area (TPSA) is 67.2 Å². The molecule has 0 aromatic heterocycles. The van der Waals surface area contributed by atoms with Crippen molar-refractivity contribution < 1.29 is 18.7 Å². The minimum Gasteiger partial charge on any atom is -0.461 e. The summed E-state index contributed by atoms with van der Waals surface area (Å²) in [7, 11) is -1.91. The van der Waals surface area contributed by atoms with Crippen molar-refractivity contribution in [3.05, 3.63) is 11.9 Å². The lowest BCUT2D eigenvalue weighted by Gasteiger charge is -2.15. The normalized spacial score (nSPS) is 12.2. The lowest BCUT2D eigenvalue weighted by molar-refractivity contribution is -0.140. The Labute approximate surface area is 108 Å². The minimum atomic E-state index is -1.91. The van der Waals surface area contributed by atoms with Gasteiger partial charge in [-0.05, 0) is 19.4 Å². The second kappa shape index (κ2) is 7.20. The summed E-state index contributed by atoms with van der Waals surface area (Å²) >= 11 is 0. The van der Waals surface area contributed by atoms with Gasteiger partial charge in [0, 0.05) is 6.42 Å². The molecule has 0 rings (SSSR count). The minimum absolute atomic E-state index is 0.0515. The number of ether oxygens (including phenoxy) is 1. The summed E-state index contributed by atoms with van der Waals surface area (Å²) in [5.41, 5.74) is 0. The van der Waals surface area contributed by atoms with Crippen LogP contribution in [0.25, 0.3) is 0 Å². The molecule has 0 saturated carbocycles. The summed E-state index contributed by atoms with van der Waals surface area (Å²) in [6.45, 7) is 7.41. The van der Waals surface area contributed by atoms with Gasteiger partial charge in [0.2, 0.25) is 5.83 Å². The Kier molecular flexibility index (Phi) is 6.68. The predicted molar refractivity (Wildman–Crippen MR) is 71.1 cm³/mol. The molecule has 102 valence electrons. The lowest BCUT2D eigenvalue weighted by atomic mass is 10.2. The zero-order chi connectivity index (χ0) is 14.3. The fourth-order valence-corrected chi connectivity index (χ4v) is 2.12. The number of Topliss-reactive ketones (excluding diaryl/α,β-unsaturated/α-hetero) is 1. The Morgan fingerprint density at radius 2 is 1.89 bits per heavy atom. The smallest absolute Gasteiger partial charge is 0.366 e. The largest absolute Gasteiger partial charge is 0.461 e. The van der Waals surface area contributed by atoms with Gasteiger partial charge in [0.05, 0.1) is 11.9 Å². The quantitative estimate of drug-likeness (QED) is 0.335. The molecule has 0 radical (unpaired) electrons. The first-order valence-electron chi connectivity index (χ1n) is 5.85. The Morgan fingerprint density at radius 1 is 1.33 bits per heavy atom. The van der Waals surface area contributed by atoms with Crippen LogP contribution in [0.2, 0.25) is 19.6 Å². The van der Waals surface area contributed by atoms with E-state index in [1.807, 2.05) is 19.6 Å². The molecule has 0 aromatic rings. The van der Waals surface area contributed by atoms with E-state index in [-0.39, 0.29) is 30.6 Å². The van der Waals surface area contributed by atoms with Crippen LogP contribution in [0.5, 0.6) is 0 Å². The number of esters is 1. The molecule has 0 heterocycles. The van der Waals surface area contributed by atoms with Crippen molar-refractivity contribution in [3.63, 3.8) is 0 Å². The monoisotopic (exact) mass is 273 g/mol. The van der Waals surface area contributed by atoms with Crippen LogP contribution in [0.15, 0.2) is 11.9 Å². The third-order valence-corrected chi connectivity index (χ3v) is 3.97. The molecule has 0 saturated heterocycles. The van der Waals surface area contributed by atoms with E-state index in [1.54, 1.807) is 6.92 Å². The van der Waals surface area contributed by atoms with Gasteiger partial charge in [-0.15, -0.1) is 0 Å². The number of nitrogens with one attached hydrogen (secondary N) is 1. The van der Waals surface area contributed by atoms with Gasteiger partial charge in [-0.25, -0.2) is 4.79 Å². The van der Waals surface area contributed by atoms with Crippen LogP contribution in [0.4, 0.5) is 4.39 Å². The average Bonchev–Trinajstić information content (AvgIpc) is 2.26. The second-order valence-corrected chi connectivity index (χ2v) is 9.86. The van der Waals surface area contributed by atoms with Crippen LogP contribution in [0.3, 0.4) is 0 Å². The zero-order valence-corrected chi connectivity index (χ0v) is 12.3. The van der Waals surface area contributed by atoms with E-state index in [1.165, 1.54) is 0 Å². The maximum atomic E-state index is 13.1. The standard InChI is InChI=1S/C12H20FNO3Si/c1-5-17-12(16)9(13)7-6-8-10(15)11(14)18(2,3)4/h7,14H,5-6,8H2,1-4H3/b9-7-,14-11?. The maximum Gasteiger partial charge on any atom is 0.366 e. The molecule has 0 atom stereocenters. The molecule has 6 heteroatoms. The molecule has 18 heavy (non-hydrogen) atoms. The number of hydrogen-bond acceptors (Lipinski definition) is 4. The molecule has 4 nitrogen and oxygen atoms in total. The summed E-state index contributed by atoms with van der Waals surface area (Å²) in [4.78, 5) is 22.5. The summed E-state index contributed by atoms with van der Waals surface area (Å²) in [5, 5.41) is 7.83. The molecule has 0 aliphatic heterocycles. The van der Waals surface area contributed by atoms with Crippen molar-refractivity contribution in [3.8, 4) is 0 Å². The van der Waals surface area contributed by atoms with Crippen molar-refractivity contribution >= 4 is 25.2 Å². The van der Waals surface area contributed by atoms with Gasteiger partial charge in [0.15, 0.2) is 5.78 Å². The molecular weight excluding hydrogens is 253 g/mol. The molecule has 0 fully saturated rings. The maximum absolute atomic E-state index is 13.1. The van der Waals surface area contributed by atoms with Crippen molar-refractivity contribution in [2.45, 2.75) is 39.4 Å². The Balaban J connectivity index is 4.28. The van der Waals surface area contributed by atoms with E-state index < -0.39 is 19.9 Å². The molecule has 0 bridgehead atoms. The molecular formula is C12H20FNO3Si. The molecule has 0 amide bonds. The van der Waals surface area contributed by atoms with Crippen molar-refractivity contribution in [1.29, 1.82) is 5.41 Å². The Hall–Kier alpha value is -1.30. The van der Waals surface area contributed by atoms with Gasteiger partial charge in [-0.1, -0.05) is 19.6 Å². The van der Waals surface area contributed by atoms with Crippen LogP contribution in [-0.4, -0.2) is 31.8 Å². The summed E-state index contributed by atoms with van der Waals surface area (Å²) in [6.07, 6.45) is 1.19. The Morgan fingerprint density at radius 3 is 2.33 bits per heavy atom. The second-order valence-electron chi connectivity index (χ2n) is 4.86. The van der Waals surface area contributed by atoms with Crippen LogP contribution in [0, 0.1) is 5.41 Å².